The van der Waals surface area contributed by atoms with Gasteiger partial charge in [-0.2, -0.15) is 0 Å². The van der Waals surface area contributed by atoms with Crippen molar-refractivity contribution in [1.82, 2.24) is 35.3 Å². The Labute approximate surface area is 421 Å². The first-order chi connectivity index (χ1) is 34.2. The molecule has 1 fully saturated rings. The molecule has 4 amide bonds. The summed E-state index contributed by atoms with van der Waals surface area (Å²) in [5.74, 6) is -1.27. The lowest BCUT2D eigenvalue weighted by Crippen LogP contribution is -2.51. The number of amides is 4. The van der Waals surface area contributed by atoms with Crippen molar-refractivity contribution in [2.24, 2.45) is 11.8 Å². The molecule has 2 heterocycles. The third-order valence-corrected chi connectivity index (χ3v) is 14.0. The molecular weight excluding hydrogens is 930 g/mol. The number of hydrogen-bond acceptors (Lipinski definition) is 14. The number of ether oxygens (including phenoxy) is 1. The minimum absolute atomic E-state index is 0.0110. The number of urea groups is 1. The van der Waals surface area contributed by atoms with E-state index in [0.717, 1.165) is 59.1 Å². The van der Waals surface area contributed by atoms with Crippen LogP contribution in [0.3, 0.4) is 0 Å². The van der Waals surface area contributed by atoms with Gasteiger partial charge in [0, 0.05) is 58.3 Å². The van der Waals surface area contributed by atoms with Crippen molar-refractivity contribution in [2.75, 3.05) is 83.6 Å². The minimum Gasteiger partial charge on any atom is -0.448 e. The molecule has 19 heteroatoms. The van der Waals surface area contributed by atoms with E-state index < -0.39 is 43.0 Å². The van der Waals surface area contributed by atoms with Crippen molar-refractivity contribution < 1.29 is 44.7 Å². The number of carbonyl (C=O) groups excluding carboxylic acids is 3. The molecule has 1 aliphatic heterocycles. The number of halogens is 1. The van der Waals surface area contributed by atoms with E-state index in [9.17, 15) is 39.9 Å². The van der Waals surface area contributed by atoms with Gasteiger partial charge in [-0.3, -0.25) is 9.69 Å². The molecule has 386 valence electrons. The van der Waals surface area contributed by atoms with Crippen LogP contribution in [0.25, 0.3) is 11.1 Å². The average molecular weight is 1000 g/mol. The summed E-state index contributed by atoms with van der Waals surface area (Å²) in [5, 5.41) is 56.2. The Kier molecular flexibility index (Phi) is 20.6. The first-order valence-electron chi connectivity index (χ1n) is 24.8. The third kappa shape index (κ3) is 15.0. The zero-order valence-corrected chi connectivity index (χ0v) is 41.6. The highest BCUT2D eigenvalue weighted by Gasteiger charge is 2.34. The second-order valence-corrected chi connectivity index (χ2v) is 19.2. The zero-order chi connectivity index (χ0) is 51.0. The number of nitrogen functional groups attached to an aromatic ring is 2. The van der Waals surface area contributed by atoms with E-state index in [-0.39, 0.29) is 79.1 Å². The van der Waals surface area contributed by atoms with E-state index in [4.69, 9.17) is 27.8 Å². The van der Waals surface area contributed by atoms with Crippen molar-refractivity contribution in [1.29, 1.82) is 0 Å². The van der Waals surface area contributed by atoms with Crippen LogP contribution in [0.2, 0.25) is 5.15 Å². The summed E-state index contributed by atoms with van der Waals surface area (Å²) in [7, 11) is 0. The Morgan fingerprint density at radius 1 is 0.831 bits per heavy atom. The van der Waals surface area contributed by atoms with E-state index >= 15 is 0 Å². The lowest BCUT2D eigenvalue weighted by molar-refractivity contribution is -0.119. The van der Waals surface area contributed by atoms with Gasteiger partial charge >= 0.3 is 12.1 Å². The topological polar surface area (TPSA) is 273 Å². The van der Waals surface area contributed by atoms with E-state index in [1.807, 2.05) is 60.4 Å². The van der Waals surface area contributed by atoms with Gasteiger partial charge in [0.1, 0.15) is 24.9 Å². The maximum absolute atomic E-state index is 14.6. The summed E-state index contributed by atoms with van der Waals surface area (Å²) in [5.41, 5.74) is 18.2. The van der Waals surface area contributed by atoms with Crippen LogP contribution in [0.1, 0.15) is 84.1 Å². The van der Waals surface area contributed by atoms with Crippen LogP contribution < -0.4 is 22.1 Å². The Morgan fingerprint density at radius 3 is 2.14 bits per heavy atom. The SMILES string of the molecule is CCCCCCN(CCNC(=O)N1CCC(CN(CC(CNC(=O)c2nc(Cl)c(N)nc2N)Cc2ccccc2C)C(=O)OCC2c3ccccc3-c3ccccc32)CC1)CC(O)C(O)C(O)C(O)CO. The number of hydrogen-bond donors (Lipinski definition) is 9. The number of aliphatic hydroxyl groups is 5. The summed E-state index contributed by atoms with van der Waals surface area (Å²) >= 11 is 6.12. The van der Waals surface area contributed by atoms with Crippen LogP contribution in [-0.2, 0) is 11.2 Å². The summed E-state index contributed by atoms with van der Waals surface area (Å²) < 4.78 is 6.27. The molecule has 4 aromatic rings. The molecule has 0 radical (unpaired) electrons. The number of anilines is 2. The first kappa shape index (κ1) is 54.7. The van der Waals surface area contributed by atoms with Gasteiger partial charge in [0.25, 0.3) is 5.91 Å². The maximum Gasteiger partial charge on any atom is 0.409 e. The van der Waals surface area contributed by atoms with Crippen molar-refractivity contribution in [3.63, 3.8) is 0 Å². The standard InChI is InChI=1S/C52H72ClN9O9/c1-3-4-5-12-22-60(30-42(64)45(66)46(67)43(65)31-63)25-21-56-51(69)61-23-19-34(20-24-61)28-62(52(70)71-32-41-39-17-10-8-15-37(39)38-16-9-11-18-40(38)41)29-35(26-36-14-7-6-13-33(36)2)27-57-50(68)44-48(54)59-49(55)47(53)58-44/h6-11,13-18,34-35,41-43,45-46,63-67H,3-5,12,19-32H2,1-2H3,(H,56,69)(H,57,68)(H4,54,55,59). The number of unbranched alkanes of at least 4 members (excludes halogenated alkanes) is 3. The molecule has 1 aromatic heterocycles. The van der Waals surface area contributed by atoms with Crippen LogP contribution in [0.4, 0.5) is 21.2 Å². The molecule has 5 atom stereocenters. The highest BCUT2D eigenvalue weighted by molar-refractivity contribution is 6.31. The van der Waals surface area contributed by atoms with Crippen molar-refractivity contribution in [3.8, 4) is 11.1 Å². The van der Waals surface area contributed by atoms with E-state index in [1.165, 1.54) is 0 Å². The molecule has 5 unspecified atom stereocenters. The highest BCUT2D eigenvalue weighted by Crippen LogP contribution is 2.44. The molecular formula is C52H72ClN9O9. The number of nitrogens with two attached hydrogens (primary N) is 2. The second-order valence-electron chi connectivity index (χ2n) is 18.9. The number of piperidine rings is 1. The molecule has 18 nitrogen and oxygen atoms in total. The highest BCUT2D eigenvalue weighted by atomic mass is 35.5. The maximum atomic E-state index is 14.6. The van der Waals surface area contributed by atoms with E-state index in [2.05, 4.69) is 51.8 Å². The minimum atomic E-state index is -1.73. The largest absolute Gasteiger partial charge is 0.448 e. The number of nitrogens with zero attached hydrogens (tertiary/aromatic N) is 5. The first-order valence-corrected chi connectivity index (χ1v) is 25.2. The van der Waals surface area contributed by atoms with Crippen LogP contribution >= 0.6 is 11.6 Å². The smallest absolute Gasteiger partial charge is 0.409 e. The van der Waals surface area contributed by atoms with Crippen LogP contribution in [0.5, 0.6) is 0 Å². The van der Waals surface area contributed by atoms with Crippen molar-refractivity contribution in [2.45, 2.75) is 89.1 Å². The van der Waals surface area contributed by atoms with Gasteiger partial charge in [-0.05, 0) is 84.4 Å². The number of aromatic nitrogens is 2. The van der Waals surface area contributed by atoms with E-state index in [1.54, 1.807) is 9.80 Å². The van der Waals surface area contributed by atoms with Gasteiger partial charge in [-0.1, -0.05) is 111 Å². The fraction of sp³-hybridized carbons (Fsp3) is 0.519. The Morgan fingerprint density at radius 2 is 1.48 bits per heavy atom. The number of rotatable bonds is 25. The second kappa shape index (κ2) is 26.7. The molecule has 11 N–H and O–H groups in total. The normalized spacial score (nSPS) is 15.9. The zero-order valence-electron chi connectivity index (χ0n) is 40.8. The van der Waals surface area contributed by atoms with Gasteiger partial charge < -0.3 is 62.2 Å². The van der Waals surface area contributed by atoms with Gasteiger partial charge in [0.2, 0.25) is 0 Å². The van der Waals surface area contributed by atoms with E-state index in [0.29, 0.717) is 52.0 Å². The van der Waals surface area contributed by atoms with Gasteiger partial charge in [0.05, 0.1) is 12.7 Å². The molecule has 1 saturated heterocycles. The molecule has 2 aliphatic rings. The average Bonchev–Trinajstić information content (AvgIpc) is 3.69. The number of fused-ring (bicyclic) bond motifs is 3. The molecule has 1 aliphatic carbocycles. The monoisotopic (exact) mass is 1000 g/mol. The summed E-state index contributed by atoms with van der Waals surface area (Å²) in [6.07, 6.45) is -1.27. The predicted octanol–water partition coefficient (Wildman–Crippen LogP) is 4.18. The van der Waals surface area contributed by atoms with Crippen molar-refractivity contribution in [3.05, 3.63) is 106 Å². The number of nitrogens with one attached hydrogen (secondary N) is 2. The van der Waals surface area contributed by atoms with Gasteiger partial charge in [-0.25, -0.2) is 19.6 Å². The fourth-order valence-corrected chi connectivity index (χ4v) is 9.68. The van der Waals surface area contributed by atoms with Gasteiger partial charge in [0.15, 0.2) is 22.5 Å². The van der Waals surface area contributed by atoms with Crippen molar-refractivity contribution >= 4 is 41.3 Å². The summed E-state index contributed by atoms with van der Waals surface area (Å²) in [4.78, 5) is 55.1. The molecule has 0 spiro atoms. The summed E-state index contributed by atoms with van der Waals surface area (Å²) in [6, 6.07) is 24.0. The summed E-state index contributed by atoms with van der Waals surface area (Å²) in [6.45, 7) is 6.31. The fourth-order valence-electron chi connectivity index (χ4n) is 9.56. The molecule has 6 rings (SSSR count). The predicted molar refractivity (Wildman–Crippen MR) is 273 cm³/mol. The van der Waals surface area contributed by atoms with Crippen LogP contribution in [-0.4, -0.2) is 165 Å². The Balaban J connectivity index is 1.13. The molecule has 0 bridgehead atoms. The number of aryl methyl sites for hydroxylation is 1. The number of carbonyl (C=O) groups is 3. The lowest BCUT2D eigenvalue weighted by Gasteiger charge is -2.36. The van der Waals surface area contributed by atoms with Crippen LogP contribution in [0, 0.1) is 18.8 Å². The third-order valence-electron chi connectivity index (χ3n) is 13.7. The number of aliphatic hydroxyl groups excluding tert-OH is 5. The number of benzene rings is 3. The quantitative estimate of drug-likeness (QED) is 0.0422. The number of likely N-dealkylation sites (tertiary alicyclic amines) is 1. The Bertz CT molecular complexity index is 2330. The Hall–Kier alpha value is -5.60. The van der Waals surface area contributed by atoms with Gasteiger partial charge in [-0.15, -0.1) is 0 Å². The van der Waals surface area contributed by atoms with Crippen LogP contribution in [0.15, 0.2) is 72.8 Å². The molecule has 0 saturated carbocycles. The molecule has 3 aromatic carbocycles. The molecule has 71 heavy (non-hydrogen) atoms. The lowest BCUT2D eigenvalue weighted by atomic mass is 9.93.